The van der Waals surface area contributed by atoms with Crippen molar-refractivity contribution in [3.63, 3.8) is 0 Å². The summed E-state index contributed by atoms with van der Waals surface area (Å²) in [6.07, 6.45) is 4.75. The van der Waals surface area contributed by atoms with Crippen LogP contribution in [0.1, 0.15) is 53.4 Å². The fraction of sp³-hybridized carbons (Fsp3) is 1.00. The van der Waals surface area contributed by atoms with Crippen molar-refractivity contribution in [2.75, 3.05) is 19.8 Å². The Bertz CT molecular complexity index is 284. The molecule has 0 aromatic heterocycles. The fourth-order valence-electron chi connectivity index (χ4n) is 3.18. The van der Waals surface area contributed by atoms with E-state index in [9.17, 15) is 0 Å². The quantitative estimate of drug-likeness (QED) is 0.314. The third-order valence-corrected chi connectivity index (χ3v) is 15.9. The summed E-state index contributed by atoms with van der Waals surface area (Å²) < 4.78 is 25.2. The van der Waals surface area contributed by atoms with Crippen molar-refractivity contribution in [2.24, 2.45) is 0 Å². The molecule has 0 bridgehead atoms. The summed E-state index contributed by atoms with van der Waals surface area (Å²) in [5, 5.41) is 0.307. The minimum absolute atomic E-state index is 0.307. The van der Waals surface area contributed by atoms with E-state index < -0.39 is 26.2 Å². The van der Waals surface area contributed by atoms with Crippen LogP contribution in [0.25, 0.3) is 0 Å². The van der Waals surface area contributed by atoms with Crippen molar-refractivity contribution in [1.29, 1.82) is 0 Å². The molecule has 0 aliphatic heterocycles. The summed E-state index contributed by atoms with van der Waals surface area (Å²) in [6.45, 7) is 19.3. The lowest BCUT2D eigenvalue weighted by molar-refractivity contribution is 0.0651. The van der Waals surface area contributed by atoms with Gasteiger partial charge >= 0.3 is 8.80 Å². The van der Waals surface area contributed by atoms with Crippen LogP contribution in [0.5, 0.6) is 0 Å². The number of rotatable bonds is 14. The zero-order valence-electron chi connectivity index (χ0n) is 16.7. The lowest BCUT2D eigenvalue weighted by atomic mass is 10.2. The summed E-state index contributed by atoms with van der Waals surface area (Å²) in [6, 6.07) is 0. The van der Waals surface area contributed by atoms with Gasteiger partial charge < -0.3 is 17.4 Å². The van der Waals surface area contributed by atoms with Gasteiger partial charge in [0.2, 0.25) is 0 Å². The molecule has 0 aromatic rings. The van der Waals surface area contributed by atoms with E-state index in [2.05, 4.69) is 33.1 Å². The normalized spacial score (nSPS) is 14.5. The minimum Gasteiger partial charge on any atom is -0.455 e. The molecule has 0 heterocycles. The Balaban J connectivity index is 5.58. The van der Waals surface area contributed by atoms with Crippen molar-refractivity contribution in [2.45, 2.75) is 84.7 Å². The third-order valence-electron chi connectivity index (χ3n) is 3.87. The molecule has 0 spiro atoms. The molecular formula is C16H39O4Si3. The van der Waals surface area contributed by atoms with Gasteiger partial charge in [-0.15, -0.1) is 0 Å². The second kappa shape index (κ2) is 11.9. The Labute approximate surface area is 148 Å². The topological polar surface area (TPSA) is 36.9 Å². The Kier molecular flexibility index (Phi) is 12.2. The van der Waals surface area contributed by atoms with Gasteiger partial charge in [0.25, 0.3) is 0 Å². The van der Waals surface area contributed by atoms with Crippen LogP contribution in [0.2, 0.25) is 31.4 Å². The maximum atomic E-state index is 6.51. The van der Waals surface area contributed by atoms with Gasteiger partial charge in [-0.25, -0.2) is 0 Å². The zero-order chi connectivity index (χ0) is 17.9. The van der Waals surface area contributed by atoms with Gasteiger partial charge in [-0.2, -0.15) is 0 Å². The van der Waals surface area contributed by atoms with Crippen LogP contribution in [0.4, 0.5) is 0 Å². The van der Waals surface area contributed by atoms with Crippen LogP contribution in [-0.4, -0.2) is 46.0 Å². The highest BCUT2D eigenvalue weighted by molar-refractivity contribution is 6.90. The molecule has 0 amide bonds. The maximum Gasteiger partial charge on any atom is 0.503 e. The summed E-state index contributed by atoms with van der Waals surface area (Å²) >= 11 is 0. The van der Waals surface area contributed by atoms with E-state index in [-0.39, 0.29) is 0 Å². The van der Waals surface area contributed by atoms with E-state index in [1.807, 2.05) is 20.8 Å². The van der Waals surface area contributed by atoms with E-state index in [0.29, 0.717) is 25.0 Å². The molecule has 4 nitrogen and oxygen atoms in total. The van der Waals surface area contributed by atoms with Gasteiger partial charge in [-0.1, -0.05) is 26.2 Å². The van der Waals surface area contributed by atoms with Crippen molar-refractivity contribution >= 4 is 26.2 Å². The van der Waals surface area contributed by atoms with Crippen LogP contribution in [-0.2, 0) is 17.4 Å². The van der Waals surface area contributed by atoms with Crippen LogP contribution >= 0.6 is 0 Å². The average molecular weight is 380 g/mol. The molecule has 0 saturated heterocycles. The minimum atomic E-state index is -2.72. The van der Waals surface area contributed by atoms with E-state index in [0.717, 1.165) is 6.42 Å². The maximum absolute atomic E-state index is 6.51. The smallest absolute Gasteiger partial charge is 0.455 e. The second-order valence-corrected chi connectivity index (χ2v) is 16.4. The zero-order valence-corrected chi connectivity index (χ0v) is 19.7. The summed E-state index contributed by atoms with van der Waals surface area (Å²) in [7, 11) is -5.44. The highest BCUT2D eigenvalue weighted by atomic mass is 28.5. The van der Waals surface area contributed by atoms with E-state index in [1.54, 1.807) is 0 Å². The molecule has 0 aliphatic rings. The SMILES string of the molecule is CCCCCC([Si](C)(C)O[Si](C)C)[Si](OCC)(OCC)OCC. The molecule has 139 valence electrons. The predicted molar refractivity (Wildman–Crippen MR) is 105 cm³/mol. The van der Waals surface area contributed by atoms with Crippen molar-refractivity contribution in [1.82, 2.24) is 0 Å². The first-order valence-electron chi connectivity index (χ1n) is 9.20. The van der Waals surface area contributed by atoms with E-state index in [4.69, 9.17) is 17.4 Å². The van der Waals surface area contributed by atoms with E-state index in [1.165, 1.54) is 19.3 Å². The van der Waals surface area contributed by atoms with E-state index >= 15 is 0 Å². The molecule has 23 heavy (non-hydrogen) atoms. The van der Waals surface area contributed by atoms with Crippen LogP contribution < -0.4 is 0 Å². The Morgan fingerprint density at radius 3 is 1.65 bits per heavy atom. The van der Waals surface area contributed by atoms with Crippen molar-refractivity contribution in [3.8, 4) is 0 Å². The Morgan fingerprint density at radius 2 is 1.30 bits per heavy atom. The highest BCUT2D eigenvalue weighted by Crippen LogP contribution is 2.39. The first-order chi connectivity index (χ1) is 10.8. The molecule has 1 radical (unpaired) electrons. The molecule has 0 aliphatic carbocycles. The molecule has 1 unspecified atom stereocenters. The average Bonchev–Trinajstić information content (AvgIpc) is 2.42. The molecule has 0 rings (SSSR count). The molecule has 1 atom stereocenters. The molecule has 0 aromatic carbocycles. The van der Waals surface area contributed by atoms with Gasteiger partial charge in [0.15, 0.2) is 17.4 Å². The van der Waals surface area contributed by atoms with Gasteiger partial charge in [0.1, 0.15) is 0 Å². The van der Waals surface area contributed by atoms with Crippen LogP contribution in [0.3, 0.4) is 0 Å². The van der Waals surface area contributed by atoms with Crippen molar-refractivity contribution in [3.05, 3.63) is 0 Å². The molecular weight excluding hydrogens is 340 g/mol. The van der Waals surface area contributed by atoms with Gasteiger partial charge in [0, 0.05) is 25.0 Å². The summed E-state index contributed by atoms with van der Waals surface area (Å²) in [5.74, 6) is 0. The second-order valence-electron chi connectivity index (χ2n) is 6.56. The lowest BCUT2D eigenvalue weighted by Gasteiger charge is -2.43. The fourth-order valence-corrected chi connectivity index (χ4v) is 16.2. The Hall–Kier alpha value is 0.491. The van der Waals surface area contributed by atoms with Gasteiger partial charge in [0.05, 0.1) is 0 Å². The third kappa shape index (κ3) is 7.94. The Morgan fingerprint density at radius 1 is 0.826 bits per heavy atom. The van der Waals surface area contributed by atoms with Gasteiger partial charge in [-0.05, 0) is 53.4 Å². The monoisotopic (exact) mass is 379 g/mol. The number of hydrogen-bond donors (Lipinski definition) is 0. The molecule has 0 N–H and O–H groups in total. The molecule has 0 fully saturated rings. The lowest BCUT2D eigenvalue weighted by Crippen LogP contribution is -2.60. The standard InChI is InChI=1S/C16H39O4Si3/c1-9-13-14-15-16(22(7,8)20-21(5)6)23(17-10-2,18-11-3)19-12-4/h16H,9-15H2,1-8H3. The highest BCUT2D eigenvalue weighted by Gasteiger charge is 2.57. The summed E-state index contributed by atoms with van der Waals surface area (Å²) in [5.41, 5.74) is 0. The molecule has 7 heteroatoms. The van der Waals surface area contributed by atoms with Gasteiger partial charge in [-0.3, -0.25) is 0 Å². The first kappa shape index (κ1) is 23.5. The molecule has 0 saturated carbocycles. The summed E-state index contributed by atoms with van der Waals surface area (Å²) in [4.78, 5) is 0. The largest absolute Gasteiger partial charge is 0.503 e. The van der Waals surface area contributed by atoms with Crippen LogP contribution in [0, 0.1) is 0 Å². The predicted octanol–water partition coefficient (Wildman–Crippen LogP) is 5.00. The van der Waals surface area contributed by atoms with Crippen molar-refractivity contribution < 1.29 is 17.4 Å². The number of unbranched alkanes of at least 4 members (excludes halogenated alkanes) is 2. The van der Waals surface area contributed by atoms with Crippen LogP contribution in [0.15, 0.2) is 0 Å². The number of hydrogen-bond acceptors (Lipinski definition) is 4. The first-order valence-corrected chi connectivity index (χ1v) is 16.4.